The maximum Gasteiger partial charge on any atom is 0.230 e. The molecule has 1 aliphatic carbocycles. The molecule has 0 bridgehead atoms. The minimum Gasteiger partial charge on any atom is -0.383 e. The van der Waals surface area contributed by atoms with Gasteiger partial charge in [0.25, 0.3) is 0 Å². The van der Waals surface area contributed by atoms with Crippen LogP contribution in [-0.2, 0) is 22.9 Å². The van der Waals surface area contributed by atoms with Crippen LogP contribution < -0.4 is 5.32 Å². The summed E-state index contributed by atoms with van der Waals surface area (Å²) >= 11 is 6.03. The first kappa shape index (κ1) is 16.0. The molecule has 1 unspecified atom stereocenters. The third-order valence-corrected chi connectivity index (χ3v) is 4.72. The van der Waals surface area contributed by atoms with E-state index in [2.05, 4.69) is 10.4 Å². The molecule has 3 rings (SSSR count). The summed E-state index contributed by atoms with van der Waals surface area (Å²) in [6, 6.07) is 7.42. The first-order valence-electron chi connectivity index (χ1n) is 7.59. The Morgan fingerprint density at radius 1 is 1.52 bits per heavy atom. The Morgan fingerprint density at radius 2 is 2.26 bits per heavy atom. The van der Waals surface area contributed by atoms with Crippen LogP contribution in [0.1, 0.15) is 30.9 Å². The minimum atomic E-state index is -1.16. The Labute approximate surface area is 140 Å². The fourth-order valence-electron chi connectivity index (χ4n) is 2.78. The van der Waals surface area contributed by atoms with Gasteiger partial charge in [0.15, 0.2) is 0 Å². The van der Waals surface area contributed by atoms with Crippen molar-refractivity contribution >= 4 is 17.5 Å². The van der Waals surface area contributed by atoms with Crippen LogP contribution in [0.4, 0.5) is 0 Å². The lowest BCUT2D eigenvalue weighted by atomic mass is 9.94. The molecule has 1 heterocycles. The first-order chi connectivity index (χ1) is 10.8. The number of halogens is 1. The van der Waals surface area contributed by atoms with Gasteiger partial charge >= 0.3 is 0 Å². The molecule has 1 aromatic carbocycles. The molecule has 1 amide bonds. The molecule has 0 aliphatic heterocycles. The van der Waals surface area contributed by atoms with E-state index >= 15 is 0 Å². The van der Waals surface area contributed by atoms with E-state index in [9.17, 15) is 9.90 Å². The SMILES string of the molecule is Cn1cc(C(C)(O)CNC(=O)C2(c3cccc(Cl)c3)CC2)cn1. The van der Waals surface area contributed by atoms with Gasteiger partial charge in [0.1, 0.15) is 5.60 Å². The van der Waals surface area contributed by atoms with E-state index in [1.54, 1.807) is 37.1 Å². The quantitative estimate of drug-likeness (QED) is 0.881. The summed E-state index contributed by atoms with van der Waals surface area (Å²) in [5, 5.41) is 18.1. The lowest BCUT2D eigenvalue weighted by Gasteiger charge is -2.24. The number of nitrogens with zero attached hydrogens (tertiary/aromatic N) is 2. The average Bonchev–Trinajstić information content (AvgIpc) is 3.20. The first-order valence-corrected chi connectivity index (χ1v) is 7.97. The van der Waals surface area contributed by atoms with E-state index in [1.165, 1.54) is 0 Å². The van der Waals surface area contributed by atoms with Crippen LogP contribution in [0.3, 0.4) is 0 Å². The summed E-state index contributed by atoms with van der Waals surface area (Å²) in [5.74, 6) is -0.0658. The Balaban J connectivity index is 1.70. The van der Waals surface area contributed by atoms with Crippen molar-refractivity contribution in [3.63, 3.8) is 0 Å². The molecule has 122 valence electrons. The second-order valence-corrected chi connectivity index (χ2v) is 6.89. The van der Waals surface area contributed by atoms with Gasteiger partial charge < -0.3 is 10.4 Å². The van der Waals surface area contributed by atoms with Gasteiger partial charge in [0.2, 0.25) is 5.91 Å². The number of hydrogen-bond donors (Lipinski definition) is 2. The maximum absolute atomic E-state index is 12.6. The number of hydrogen-bond acceptors (Lipinski definition) is 3. The highest BCUT2D eigenvalue weighted by atomic mass is 35.5. The summed E-state index contributed by atoms with van der Waals surface area (Å²) < 4.78 is 1.62. The number of aryl methyl sites for hydroxylation is 1. The summed E-state index contributed by atoms with van der Waals surface area (Å²) in [5.41, 5.74) is -0.0547. The number of carbonyl (C=O) groups is 1. The van der Waals surface area contributed by atoms with E-state index in [0.717, 1.165) is 18.4 Å². The third-order valence-electron chi connectivity index (χ3n) is 4.48. The van der Waals surface area contributed by atoms with Crippen LogP contribution in [0.15, 0.2) is 36.7 Å². The molecule has 1 aliphatic rings. The molecule has 5 nitrogen and oxygen atoms in total. The fraction of sp³-hybridized carbons (Fsp3) is 0.412. The standard InChI is InChI=1S/C17H20ClN3O2/c1-16(23,13-9-20-21(2)10-13)11-19-15(22)17(6-7-17)12-4-3-5-14(18)8-12/h3-5,8-10,23H,6-7,11H2,1-2H3,(H,19,22). The highest BCUT2D eigenvalue weighted by molar-refractivity contribution is 6.30. The van der Waals surface area contributed by atoms with Crippen molar-refractivity contribution < 1.29 is 9.90 Å². The Bertz CT molecular complexity index is 735. The molecule has 1 fully saturated rings. The zero-order valence-corrected chi connectivity index (χ0v) is 14.0. The van der Waals surface area contributed by atoms with E-state index in [-0.39, 0.29) is 12.5 Å². The maximum atomic E-state index is 12.6. The normalized spacial score (nSPS) is 18.3. The monoisotopic (exact) mass is 333 g/mol. The molecule has 1 atom stereocenters. The van der Waals surface area contributed by atoms with Crippen molar-refractivity contribution in [3.8, 4) is 0 Å². The molecule has 1 saturated carbocycles. The van der Waals surface area contributed by atoms with Gasteiger partial charge in [-0.2, -0.15) is 5.10 Å². The Morgan fingerprint density at radius 3 is 2.83 bits per heavy atom. The van der Waals surface area contributed by atoms with Crippen LogP contribution >= 0.6 is 11.6 Å². The van der Waals surface area contributed by atoms with Crippen molar-refractivity contribution in [2.75, 3.05) is 6.54 Å². The van der Waals surface area contributed by atoms with Crippen molar-refractivity contribution in [1.82, 2.24) is 15.1 Å². The summed E-state index contributed by atoms with van der Waals surface area (Å²) in [6.45, 7) is 1.81. The zero-order valence-electron chi connectivity index (χ0n) is 13.2. The molecule has 6 heteroatoms. The summed E-state index contributed by atoms with van der Waals surface area (Å²) in [4.78, 5) is 12.6. The molecular weight excluding hydrogens is 314 g/mol. The van der Waals surface area contributed by atoms with Gasteiger partial charge in [-0.3, -0.25) is 9.48 Å². The van der Waals surface area contributed by atoms with Crippen molar-refractivity contribution in [2.24, 2.45) is 7.05 Å². The molecule has 0 saturated heterocycles. The summed E-state index contributed by atoms with van der Waals surface area (Å²) in [6.07, 6.45) is 4.95. The van der Waals surface area contributed by atoms with Crippen LogP contribution in [-0.4, -0.2) is 27.3 Å². The van der Waals surface area contributed by atoms with E-state index in [0.29, 0.717) is 10.6 Å². The van der Waals surface area contributed by atoms with Gasteiger partial charge in [0, 0.05) is 23.8 Å². The largest absolute Gasteiger partial charge is 0.383 e. The highest BCUT2D eigenvalue weighted by Gasteiger charge is 2.51. The predicted octanol–water partition coefficient (Wildman–Crippen LogP) is 2.13. The molecule has 0 spiro atoms. The van der Waals surface area contributed by atoms with Crippen LogP contribution in [0.5, 0.6) is 0 Å². The fourth-order valence-corrected chi connectivity index (χ4v) is 2.97. The smallest absolute Gasteiger partial charge is 0.230 e. The minimum absolute atomic E-state index is 0.0658. The molecule has 23 heavy (non-hydrogen) atoms. The van der Waals surface area contributed by atoms with E-state index < -0.39 is 11.0 Å². The Kier molecular flexibility index (Phi) is 3.94. The lowest BCUT2D eigenvalue weighted by Crippen LogP contribution is -2.43. The number of carbonyl (C=O) groups excluding carboxylic acids is 1. The van der Waals surface area contributed by atoms with E-state index in [4.69, 9.17) is 11.6 Å². The third kappa shape index (κ3) is 3.12. The van der Waals surface area contributed by atoms with Crippen molar-refractivity contribution in [1.29, 1.82) is 0 Å². The molecule has 1 aromatic heterocycles. The number of nitrogens with one attached hydrogen (secondary N) is 1. The molecule has 0 radical (unpaired) electrons. The van der Waals surface area contributed by atoms with Gasteiger partial charge in [0.05, 0.1) is 18.2 Å². The Hall–Kier alpha value is -1.85. The molecular formula is C17H20ClN3O2. The second kappa shape index (κ2) is 5.65. The van der Waals surface area contributed by atoms with Gasteiger partial charge in [-0.1, -0.05) is 23.7 Å². The van der Waals surface area contributed by atoms with Crippen LogP contribution in [0, 0.1) is 0 Å². The number of benzene rings is 1. The zero-order chi connectivity index (χ0) is 16.7. The predicted molar refractivity (Wildman–Crippen MR) is 88.2 cm³/mol. The number of amides is 1. The van der Waals surface area contributed by atoms with Crippen molar-refractivity contribution in [3.05, 3.63) is 52.8 Å². The van der Waals surface area contributed by atoms with Crippen LogP contribution in [0.2, 0.25) is 5.02 Å². The molecule has 2 aromatic rings. The second-order valence-electron chi connectivity index (χ2n) is 6.45. The number of rotatable bonds is 5. The van der Waals surface area contributed by atoms with Crippen LogP contribution in [0.25, 0.3) is 0 Å². The average molecular weight is 334 g/mol. The number of aromatic nitrogens is 2. The van der Waals surface area contributed by atoms with Gasteiger partial charge in [-0.15, -0.1) is 0 Å². The highest BCUT2D eigenvalue weighted by Crippen LogP contribution is 2.48. The van der Waals surface area contributed by atoms with Crippen molar-refractivity contribution in [2.45, 2.75) is 30.8 Å². The molecule has 2 N–H and O–H groups in total. The van der Waals surface area contributed by atoms with Gasteiger partial charge in [-0.25, -0.2) is 0 Å². The topological polar surface area (TPSA) is 67.2 Å². The van der Waals surface area contributed by atoms with E-state index in [1.807, 2.05) is 18.2 Å². The van der Waals surface area contributed by atoms with Gasteiger partial charge in [-0.05, 0) is 37.5 Å². The lowest BCUT2D eigenvalue weighted by molar-refractivity contribution is -0.124. The summed E-state index contributed by atoms with van der Waals surface area (Å²) in [7, 11) is 1.79. The number of aliphatic hydroxyl groups is 1.